The zero-order valence-electron chi connectivity index (χ0n) is 10.2. The number of halogens is 3. The summed E-state index contributed by atoms with van der Waals surface area (Å²) in [6, 6.07) is 2.22. The lowest BCUT2D eigenvalue weighted by atomic mass is 9.95. The molecule has 0 aliphatic heterocycles. The van der Waals surface area contributed by atoms with E-state index in [1.807, 2.05) is 0 Å². The van der Waals surface area contributed by atoms with Gasteiger partial charge in [-0.05, 0) is 28.1 Å². The number of amides is 1. The lowest BCUT2D eigenvalue weighted by Crippen LogP contribution is -2.30. The highest BCUT2D eigenvalue weighted by Gasteiger charge is 2.26. The van der Waals surface area contributed by atoms with Gasteiger partial charge in [-0.3, -0.25) is 9.59 Å². The third-order valence-corrected chi connectivity index (χ3v) is 3.73. The van der Waals surface area contributed by atoms with Crippen molar-refractivity contribution >= 4 is 45.1 Å². The fraction of sp³-hybridized carbons (Fsp3) is 0.333. The summed E-state index contributed by atoms with van der Waals surface area (Å²) >= 11 is 8.91. The number of carboxylic acids is 1. The molecule has 1 aromatic rings. The van der Waals surface area contributed by atoms with E-state index in [4.69, 9.17) is 16.7 Å². The molecule has 19 heavy (non-hydrogen) atoms. The smallest absolute Gasteiger partial charge is 0.307 e. The van der Waals surface area contributed by atoms with Crippen LogP contribution in [0.15, 0.2) is 16.6 Å². The average molecular weight is 353 g/mol. The quantitative estimate of drug-likeness (QED) is 0.871. The Balaban J connectivity index is 2.92. The third kappa shape index (κ3) is 3.91. The summed E-state index contributed by atoms with van der Waals surface area (Å²) in [6.07, 6.45) is 0. The van der Waals surface area contributed by atoms with Crippen molar-refractivity contribution in [2.45, 2.75) is 13.8 Å². The Labute approximate surface area is 123 Å². The number of benzene rings is 1. The molecule has 0 radical (unpaired) electrons. The topological polar surface area (TPSA) is 66.4 Å². The summed E-state index contributed by atoms with van der Waals surface area (Å²) in [5.74, 6) is -3.68. The largest absolute Gasteiger partial charge is 0.481 e. The van der Waals surface area contributed by atoms with Gasteiger partial charge in [0.2, 0.25) is 5.91 Å². The van der Waals surface area contributed by atoms with Crippen molar-refractivity contribution in [2.24, 2.45) is 11.8 Å². The molecule has 0 fully saturated rings. The second-order valence-electron chi connectivity index (χ2n) is 4.15. The Hall–Kier alpha value is -1.14. The summed E-state index contributed by atoms with van der Waals surface area (Å²) in [4.78, 5) is 22.7. The lowest BCUT2D eigenvalue weighted by molar-refractivity contribution is -0.145. The molecule has 0 aliphatic carbocycles. The molecule has 104 valence electrons. The molecule has 0 bridgehead atoms. The summed E-state index contributed by atoms with van der Waals surface area (Å²) in [5, 5.41) is 11.4. The van der Waals surface area contributed by atoms with Gasteiger partial charge in [-0.25, -0.2) is 4.39 Å². The van der Waals surface area contributed by atoms with Crippen LogP contribution in [0.1, 0.15) is 13.8 Å². The van der Waals surface area contributed by atoms with Crippen molar-refractivity contribution in [3.8, 4) is 0 Å². The molecule has 0 aliphatic rings. The molecule has 2 atom stereocenters. The fourth-order valence-electron chi connectivity index (χ4n) is 1.34. The van der Waals surface area contributed by atoms with E-state index in [-0.39, 0.29) is 10.7 Å². The highest BCUT2D eigenvalue weighted by Crippen LogP contribution is 2.32. The number of rotatable bonds is 4. The minimum absolute atomic E-state index is 0.0374. The number of hydrogen-bond donors (Lipinski definition) is 2. The predicted octanol–water partition coefficient (Wildman–Crippen LogP) is 3.54. The van der Waals surface area contributed by atoms with Gasteiger partial charge in [0, 0.05) is 10.4 Å². The van der Waals surface area contributed by atoms with E-state index in [0.717, 1.165) is 12.1 Å². The molecule has 2 unspecified atom stereocenters. The lowest BCUT2D eigenvalue weighted by Gasteiger charge is -2.17. The average Bonchev–Trinajstić information content (AvgIpc) is 2.31. The first-order valence-corrected chi connectivity index (χ1v) is 6.59. The van der Waals surface area contributed by atoms with Gasteiger partial charge in [0.1, 0.15) is 5.82 Å². The van der Waals surface area contributed by atoms with E-state index < -0.39 is 29.5 Å². The molecule has 1 amide bonds. The van der Waals surface area contributed by atoms with Crippen LogP contribution in [0.4, 0.5) is 10.1 Å². The molecule has 1 rings (SSSR count). The van der Waals surface area contributed by atoms with Crippen molar-refractivity contribution in [3.05, 3.63) is 27.4 Å². The molecule has 0 saturated heterocycles. The third-order valence-electron chi connectivity index (χ3n) is 2.81. The Bertz CT molecular complexity index is 501. The SMILES string of the molecule is CC(C(=O)O)C(C)C(=O)Nc1c(Cl)cc(F)cc1Br. The number of anilines is 1. The second-order valence-corrected chi connectivity index (χ2v) is 5.41. The van der Waals surface area contributed by atoms with E-state index in [2.05, 4.69) is 21.2 Å². The van der Waals surface area contributed by atoms with Crippen LogP contribution in [-0.4, -0.2) is 17.0 Å². The molecule has 7 heteroatoms. The van der Waals surface area contributed by atoms with Crippen LogP contribution < -0.4 is 5.32 Å². The maximum Gasteiger partial charge on any atom is 0.307 e. The first kappa shape index (κ1) is 15.9. The van der Waals surface area contributed by atoms with Crippen LogP contribution >= 0.6 is 27.5 Å². The standard InChI is InChI=1S/C12H12BrClFNO3/c1-5(6(2)12(18)19)11(17)16-10-8(13)3-7(15)4-9(10)14/h3-6H,1-2H3,(H,16,17)(H,18,19). The van der Waals surface area contributed by atoms with Crippen LogP contribution in [-0.2, 0) is 9.59 Å². The number of aliphatic carboxylic acids is 1. The molecule has 0 saturated carbocycles. The molecule has 0 heterocycles. The van der Waals surface area contributed by atoms with Gasteiger partial charge < -0.3 is 10.4 Å². The van der Waals surface area contributed by atoms with Crippen LogP contribution in [0, 0.1) is 17.7 Å². The van der Waals surface area contributed by atoms with Crippen molar-refractivity contribution in [3.63, 3.8) is 0 Å². The molecular weight excluding hydrogens is 340 g/mol. The minimum atomic E-state index is -1.06. The van der Waals surface area contributed by atoms with E-state index in [0.29, 0.717) is 4.47 Å². The van der Waals surface area contributed by atoms with E-state index in [1.165, 1.54) is 13.8 Å². The maximum atomic E-state index is 13.0. The second kappa shape index (κ2) is 6.34. The Morgan fingerprint density at radius 3 is 2.42 bits per heavy atom. The number of carbonyl (C=O) groups is 2. The number of nitrogens with one attached hydrogen (secondary N) is 1. The van der Waals surface area contributed by atoms with Crippen molar-refractivity contribution < 1.29 is 19.1 Å². The van der Waals surface area contributed by atoms with Gasteiger partial charge in [-0.1, -0.05) is 25.4 Å². The van der Waals surface area contributed by atoms with E-state index in [1.54, 1.807) is 0 Å². The molecular formula is C12H12BrClFNO3. The zero-order chi connectivity index (χ0) is 14.7. The van der Waals surface area contributed by atoms with Crippen LogP contribution in [0.2, 0.25) is 5.02 Å². The van der Waals surface area contributed by atoms with Gasteiger partial charge in [0.25, 0.3) is 0 Å². The number of hydrogen-bond acceptors (Lipinski definition) is 2. The first-order valence-electron chi connectivity index (χ1n) is 5.42. The van der Waals surface area contributed by atoms with Crippen molar-refractivity contribution in [1.29, 1.82) is 0 Å². The molecule has 0 spiro atoms. The minimum Gasteiger partial charge on any atom is -0.481 e. The van der Waals surface area contributed by atoms with Crippen LogP contribution in [0.3, 0.4) is 0 Å². The summed E-state index contributed by atoms with van der Waals surface area (Å²) in [7, 11) is 0. The van der Waals surface area contributed by atoms with Gasteiger partial charge in [-0.2, -0.15) is 0 Å². The number of carboxylic acid groups (broad SMARTS) is 1. The molecule has 0 aromatic heterocycles. The molecule has 2 N–H and O–H groups in total. The van der Waals surface area contributed by atoms with E-state index >= 15 is 0 Å². The van der Waals surface area contributed by atoms with Crippen LogP contribution in [0.5, 0.6) is 0 Å². The highest BCUT2D eigenvalue weighted by molar-refractivity contribution is 9.10. The molecule has 1 aromatic carbocycles. The van der Waals surface area contributed by atoms with Crippen molar-refractivity contribution in [1.82, 2.24) is 0 Å². The van der Waals surface area contributed by atoms with Crippen LogP contribution in [0.25, 0.3) is 0 Å². The predicted molar refractivity (Wildman–Crippen MR) is 73.7 cm³/mol. The fourth-order valence-corrected chi connectivity index (χ4v) is 2.24. The number of carbonyl (C=O) groups excluding carboxylic acids is 1. The normalized spacial score (nSPS) is 13.7. The summed E-state index contributed by atoms with van der Waals surface area (Å²) < 4.78 is 13.3. The van der Waals surface area contributed by atoms with Gasteiger partial charge in [0.05, 0.1) is 16.6 Å². The Morgan fingerprint density at radius 1 is 1.37 bits per heavy atom. The highest BCUT2D eigenvalue weighted by atomic mass is 79.9. The Morgan fingerprint density at radius 2 is 1.95 bits per heavy atom. The maximum absolute atomic E-state index is 13.0. The zero-order valence-corrected chi connectivity index (χ0v) is 12.5. The molecule has 4 nitrogen and oxygen atoms in total. The van der Waals surface area contributed by atoms with Crippen molar-refractivity contribution in [2.75, 3.05) is 5.32 Å². The first-order chi connectivity index (χ1) is 8.73. The van der Waals surface area contributed by atoms with Gasteiger partial charge in [0.15, 0.2) is 0 Å². The summed E-state index contributed by atoms with van der Waals surface area (Å²) in [5.41, 5.74) is 0.220. The van der Waals surface area contributed by atoms with Gasteiger partial charge in [-0.15, -0.1) is 0 Å². The van der Waals surface area contributed by atoms with E-state index in [9.17, 15) is 14.0 Å². The Kier molecular flexibility index (Phi) is 5.31. The van der Waals surface area contributed by atoms with Gasteiger partial charge >= 0.3 is 5.97 Å². The monoisotopic (exact) mass is 351 g/mol. The summed E-state index contributed by atoms with van der Waals surface area (Å²) in [6.45, 7) is 2.94.